The Morgan fingerprint density at radius 3 is 3.00 bits per heavy atom. The zero-order valence-electron chi connectivity index (χ0n) is 8.79. The molecule has 0 saturated carbocycles. The van der Waals surface area contributed by atoms with Crippen molar-refractivity contribution in [1.82, 2.24) is 15.5 Å². The molecule has 5 nitrogen and oxygen atoms in total. The van der Waals surface area contributed by atoms with E-state index in [9.17, 15) is 9.59 Å². The minimum Gasteiger partial charge on any atom is -0.353 e. The van der Waals surface area contributed by atoms with E-state index in [1.54, 1.807) is 4.90 Å². The summed E-state index contributed by atoms with van der Waals surface area (Å²) in [5.74, 6) is 0.542. The van der Waals surface area contributed by atoms with E-state index in [-0.39, 0.29) is 18.4 Å². The molecule has 0 aromatic rings. The molecule has 2 amide bonds. The van der Waals surface area contributed by atoms with Gasteiger partial charge in [-0.3, -0.25) is 9.59 Å². The Bertz CT molecular complexity index is 261. The molecule has 15 heavy (non-hydrogen) atoms. The number of amides is 2. The maximum Gasteiger partial charge on any atom is 0.239 e. The minimum atomic E-state index is -0.0425. The Morgan fingerprint density at radius 2 is 2.33 bits per heavy atom. The van der Waals surface area contributed by atoms with Crippen LogP contribution in [0.3, 0.4) is 0 Å². The third-order valence-corrected chi connectivity index (χ3v) is 3.02. The second kappa shape index (κ2) is 4.61. The number of nitrogens with zero attached hydrogens (tertiary/aromatic N) is 1. The summed E-state index contributed by atoms with van der Waals surface area (Å²) in [5, 5.41) is 5.95. The van der Waals surface area contributed by atoms with Crippen molar-refractivity contribution in [1.29, 1.82) is 0 Å². The highest BCUT2D eigenvalue weighted by atomic mass is 16.2. The van der Waals surface area contributed by atoms with Gasteiger partial charge in [-0.1, -0.05) is 0 Å². The van der Waals surface area contributed by atoms with Crippen LogP contribution in [0.4, 0.5) is 0 Å². The standard InChI is InChI=1S/C10H17N3O2/c14-9-7-13(4-3-12-9)10(15)5-8-1-2-11-6-8/h8,11H,1-7H2,(H,12,14). The molecular formula is C10H17N3O2. The molecule has 2 heterocycles. The molecule has 1 atom stereocenters. The molecule has 2 aliphatic heterocycles. The normalized spacial score (nSPS) is 26.5. The molecule has 5 heteroatoms. The van der Waals surface area contributed by atoms with Crippen LogP contribution in [-0.4, -0.2) is 49.4 Å². The molecule has 0 spiro atoms. The first-order valence-corrected chi connectivity index (χ1v) is 5.51. The molecule has 0 radical (unpaired) electrons. The van der Waals surface area contributed by atoms with Gasteiger partial charge in [0.2, 0.25) is 11.8 Å². The van der Waals surface area contributed by atoms with Gasteiger partial charge in [0.1, 0.15) is 0 Å². The molecule has 0 aromatic carbocycles. The first kappa shape index (κ1) is 10.4. The third kappa shape index (κ3) is 2.68. The topological polar surface area (TPSA) is 61.4 Å². The fourth-order valence-electron chi connectivity index (χ4n) is 2.12. The predicted octanol–water partition coefficient (Wildman–Crippen LogP) is -1.06. The van der Waals surface area contributed by atoms with Crippen molar-refractivity contribution in [2.24, 2.45) is 5.92 Å². The van der Waals surface area contributed by atoms with Gasteiger partial charge in [0.15, 0.2) is 0 Å². The lowest BCUT2D eigenvalue weighted by molar-refractivity contribution is -0.138. The van der Waals surface area contributed by atoms with Crippen molar-refractivity contribution in [2.45, 2.75) is 12.8 Å². The lowest BCUT2D eigenvalue weighted by Crippen LogP contribution is -2.50. The molecular weight excluding hydrogens is 194 g/mol. The van der Waals surface area contributed by atoms with Crippen LogP contribution in [-0.2, 0) is 9.59 Å². The lowest BCUT2D eigenvalue weighted by atomic mass is 10.0. The lowest BCUT2D eigenvalue weighted by Gasteiger charge is -2.27. The maximum atomic E-state index is 11.8. The van der Waals surface area contributed by atoms with E-state index in [1.165, 1.54) is 0 Å². The highest BCUT2D eigenvalue weighted by Gasteiger charge is 2.24. The molecule has 2 rings (SSSR count). The van der Waals surface area contributed by atoms with E-state index >= 15 is 0 Å². The zero-order valence-corrected chi connectivity index (χ0v) is 8.79. The van der Waals surface area contributed by atoms with Crippen LogP contribution in [0.1, 0.15) is 12.8 Å². The summed E-state index contributed by atoms with van der Waals surface area (Å²) in [6.45, 7) is 3.43. The van der Waals surface area contributed by atoms with E-state index in [0.717, 1.165) is 19.5 Å². The van der Waals surface area contributed by atoms with Gasteiger partial charge in [-0.05, 0) is 25.4 Å². The number of carbonyl (C=O) groups excluding carboxylic acids is 2. The smallest absolute Gasteiger partial charge is 0.239 e. The van der Waals surface area contributed by atoms with Gasteiger partial charge >= 0.3 is 0 Å². The van der Waals surface area contributed by atoms with Crippen LogP contribution in [0, 0.1) is 5.92 Å². The second-order valence-corrected chi connectivity index (χ2v) is 4.23. The average Bonchev–Trinajstić information content (AvgIpc) is 2.70. The quantitative estimate of drug-likeness (QED) is 0.612. The summed E-state index contributed by atoms with van der Waals surface area (Å²) >= 11 is 0. The monoisotopic (exact) mass is 211 g/mol. The largest absolute Gasteiger partial charge is 0.353 e. The van der Waals surface area contributed by atoms with E-state index in [1.807, 2.05) is 0 Å². The molecule has 1 unspecified atom stereocenters. The average molecular weight is 211 g/mol. The van der Waals surface area contributed by atoms with Gasteiger partial charge in [-0.2, -0.15) is 0 Å². The zero-order chi connectivity index (χ0) is 10.7. The Labute approximate surface area is 89.2 Å². The number of hydrogen-bond acceptors (Lipinski definition) is 3. The van der Waals surface area contributed by atoms with Crippen LogP contribution < -0.4 is 10.6 Å². The fraction of sp³-hybridized carbons (Fsp3) is 0.800. The Morgan fingerprint density at radius 1 is 1.47 bits per heavy atom. The second-order valence-electron chi connectivity index (χ2n) is 4.23. The molecule has 2 fully saturated rings. The van der Waals surface area contributed by atoms with Gasteiger partial charge in [0, 0.05) is 19.5 Å². The summed E-state index contributed by atoms with van der Waals surface area (Å²) in [5.41, 5.74) is 0. The summed E-state index contributed by atoms with van der Waals surface area (Å²) < 4.78 is 0. The van der Waals surface area contributed by atoms with Crippen molar-refractivity contribution >= 4 is 11.8 Å². The van der Waals surface area contributed by atoms with Gasteiger partial charge in [0.05, 0.1) is 6.54 Å². The summed E-state index contributed by atoms with van der Waals surface area (Å²) in [4.78, 5) is 24.6. The predicted molar refractivity (Wildman–Crippen MR) is 55.2 cm³/mol. The van der Waals surface area contributed by atoms with Crippen LogP contribution in [0.5, 0.6) is 0 Å². The Hall–Kier alpha value is -1.10. The highest BCUT2D eigenvalue weighted by Crippen LogP contribution is 2.14. The molecule has 2 aliphatic rings. The summed E-state index contributed by atoms with van der Waals surface area (Å²) in [7, 11) is 0. The van der Waals surface area contributed by atoms with Crippen molar-refractivity contribution in [3.63, 3.8) is 0 Å². The highest BCUT2D eigenvalue weighted by molar-refractivity contribution is 5.86. The number of hydrogen-bond donors (Lipinski definition) is 2. The third-order valence-electron chi connectivity index (χ3n) is 3.02. The van der Waals surface area contributed by atoms with Crippen molar-refractivity contribution in [2.75, 3.05) is 32.7 Å². The van der Waals surface area contributed by atoms with E-state index < -0.39 is 0 Å². The van der Waals surface area contributed by atoms with E-state index in [0.29, 0.717) is 25.4 Å². The van der Waals surface area contributed by atoms with Gasteiger partial charge in [-0.15, -0.1) is 0 Å². The molecule has 2 saturated heterocycles. The first-order valence-electron chi connectivity index (χ1n) is 5.51. The van der Waals surface area contributed by atoms with Gasteiger partial charge in [0.25, 0.3) is 0 Å². The SMILES string of the molecule is O=C1CN(C(=O)CC2CCNC2)CCN1. The molecule has 0 aromatic heterocycles. The van der Waals surface area contributed by atoms with Crippen molar-refractivity contribution < 1.29 is 9.59 Å². The Balaban J connectivity index is 1.81. The van der Waals surface area contributed by atoms with Crippen LogP contribution in [0.25, 0.3) is 0 Å². The van der Waals surface area contributed by atoms with E-state index in [4.69, 9.17) is 0 Å². The number of nitrogens with one attached hydrogen (secondary N) is 2. The summed E-state index contributed by atoms with van der Waals surface area (Å²) in [6, 6.07) is 0. The number of rotatable bonds is 2. The molecule has 2 N–H and O–H groups in total. The molecule has 0 bridgehead atoms. The van der Waals surface area contributed by atoms with Crippen molar-refractivity contribution in [3.05, 3.63) is 0 Å². The van der Waals surface area contributed by atoms with Crippen molar-refractivity contribution in [3.8, 4) is 0 Å². The summed E-state index contributed by atoms with van der Waals surface area (Å²) in [6.07, 6.45) is 1.66. The molecule has 0 aliphatic carbocycles. The maximum absolute atomic E-state index is 11.8. The van der Waals surface area contributed by atoms with Gasteiger partial charge in [-0.25, -0.2) is 0 Å². The molecule has 84 valence electrons. The number of piperazine rings is 1. The van der Waals surface area contributed by atoms with Crippen LogP contribution in [0.15, 0.2) is 0 Å². The van der Waals surface area contributed by atoms with E-state index in [2.05, 4.69) is 10.6 Å². The van der Waals surface area contributed by atoms with Crippen LogP contribution >= 0.6 is 0 Å². The van der Waals surface area contributed by atoms with Crippen LogP contribution in [0.2, 0.25) is 0 Å². The minimum absolute atomic E-state index is 0.0425. The number of carbonyl (C=O) groups is 2. The fourth-order valence-corrected chi connectivity index (χ4v) is 2.12. The Kier molecular flexibility index (Phi) is 3.20. The van der Waals surface area contributed by atoms with Gasteiger partial charge < -0.3 is 15.5 Å². The first-order chi connectivity index (χ1) is 7.25.